The summed E-state index contributed by atoms with van der Waals surface area (Å²) in [6.45, 7) is 2.79. The van der Waals surface area contributed by atoms with Crippen LogP contribution in [0.5, 0.6) is 11.5 Å². The van der Waals surface area contributed by atoms with Crippen LogP contribution in [0.3, 0.4) is 0 Å². The minimum absolute atomic E-state index is 0.0786. The molecule has 1 atom stereocenters. The minimum atomic E-state index is -0.634. The van der Waals surface area contributed by atoms with E-state index in [2.05, 4.69) is 66.8 Å². The van der Waals surface area contributed by atoms with Crippen molar-refractivity contribution >= 4 is 0 Å². The van der Waals surface area contributed by atoms with Gasteiger partial charge in [0.05, 0.1) is 13.2 Å². The van der Waals surface area contributed by atoms with E-state index >= 15 is 0 Å². The number of hydrogen-bond donors (Lipinski definition) is 2. The lowest BCUT2D eigenvalue weighted by molar-refractivity contribution is 0.103. The smallest absolute Gasteiger partial charge is 0.161 e. The molecule has 0 aliphatic heterocycles. The highest BCUT2D eigenvalue weighted by Crippen LogP contribution is 2.42. The number of ether oxygens (including phenoxy) is 2. The highest BCUT2D eigenvalue weighted by Gasteiger charge is 2.28. The van der Waals surface area contributed by atoms with Gasteiger partial charge in [-0.05, 0) is 46.4 Å². The lowest BCUT2D eigenvalue weighted by Gasteiger charge is -2.20. The van der Waals surface area contributed by atoms with Crippen molar-refractivity contribution in [2.24, 2.45) is 0 Å². The molecule has 0 bridgehead atoms. The Morgan fingerprint density at radius 1 is 0.933 bits per heavy atom. The van der Waals surface area contributed by atoms with Gasteiger partial charge in [0.25, 0.3) is 0 Å². The van der Waals surface area contributed by atoms with Crippen molar-refractivity contribution in [1.29, 1.82) is 0 Å². The first-order chi connectivity index (χ1) is 14.7. The van der Waals surface area contributed by atoms with Gasteiger partial charge in [0, 0.05) is 6.54 Å². The summed E-state index contributed by atoms with van der Waals surface area (Å²) in [4.78, 5) is 0. The summed E-state index contributed by atoms with van der Waals surface area (Å²) in [5, 5.41) is 14.1. The number of hydrogen-bond acceptors (Lipinski definition) is 4. The van der Waals surface area contributed by atoms with Crippen molar-refractivity contribution in [3.8, 4) is 22.6 Å². The highest BCUT2D eigenvalue weighted by atomic mass is 16.5. The van der Waals surface area contributed by atoms with Gasteiger partial charge < -0.3 is 19.9 Å². The summed E-state index contributed by atoms with van der Waals surface area (Å²) in [6, 6.07) is 22.9. The van der Waals surface area contributed by atoms with E-state index in [0.717, 1.165) is 12.8 Å². The molecule has 3 aromatic rings. The van der Waals surface area contributed by atoms with Gasteiger partial charge in [-0.3, -0.25) is 0 Å². The van der Waals surface area contributed by atoms with Crippen LogP contribution in [-0.2, 0) is 6.42 Å². The number of aliphatic hydroxyl groups excluding tert-OH is 1. The number of rotatable bonds is 9. The molecular formula is C26H29NO3. The molecule has 0 amide bonds. The number of fused-ring (bicyclic) bond motifs is 3. The van der Waals surface area contributed by atoms with Crippen molar-refractivity contribution in [3.63, 3.8) is 0 Å². The largest absolute Gasteiger partial charge is 0.493 e. The molecule has 0 heterocycles. The molecule has 1 unspecified atom stereocenters. The molecule has 0 spiro atoms. The average molecular weight is 404 g/mol. The first-order valence-corrected chi connectivity index (χ1v) is 10.6. The molecule has 156 valence electrons. The van der Waals surface area contributed by atoms with E-state index in [4.69, 9.17) is 9.47 Å². The van der Waals surface area contributed by atoms with Crippen LogP contribution in [0.1, 0.15) is 36.1 Å². The SMILES string of the molecule is CCCc1ccc(OCC(O)CNC2c3ccccc3-c3ccccc32)c(OC)c1. The van der Waals surface area contributed by atoms with Gasteiger partial charge in [0.15, 0.2) is 11.5 Å². The van der Waals surface area contributed by atoms with Gasteiger partial charge in [-0.2, -0.15) is 0 Å². The first kappa shape index (κ1) is 20.5. The van der Waals surface area contributed by atoms with Crippen LogP contribution in [0, 0.1) is 0 Å². The molecule has 0 aromatic heterocycles. The van der Waals surface area contributed by atoms with E-state index in [1.165, 1.54) is 27.8 Å². The zero-order valence-electron chi connectivity index (χ0n) is 17.6. The van der Waals surface area contributed by atoms with E-state index in [1.54, 1.807) is 7.11 Å². The molecule has 3 aromatic carbocycles. The molecule has 4 heteroatoms. The third-order valence-corrected chi connectivity index (χ3v) is 5.59. The van der Waals surface area contributed by atoms with Gasteiger partial charge in [0.2, 0.25) is 0 Å². The van der Waals surface area contributed by atoms with Crippen molar-refractivity contribution in [1.82, 2.24) is 5.32 Å². The zero-order valence-corrected chi connectivity index (χ0v) is 17.6. The fourth-order valence-electron chi connectivity index (χ4n) is 4.15. The maximum atomic E-state index is 10.5. The van der Waals surface area contributed by atoms with Gasteiger partial charge in [-0.15, -0.1) is 0 Å². The van der Waals surface area contributed by atoms with Gasteiger partial charge in [0.1, 0.15) is 12.7 Å². The summed E-state index contributed by atoms with van der Waals surface area (Å²) in [7, 11) is 1.64. The Hall–Kier alpha value is -2.82. The van der Waals surface area contributed by atoms with E-state index in [1.807, 2.05) is 12.1 Å². The van der Waals surface area contributed by atoms with Crippen LogP contribution in [0.4, 0.5) is 0 Å². The van der Waals surface area contributed by atoms with Crippen molar-refractivity contribution in [2.45, 2.75) is 31.9 Å². The van der Waals surface area contributed by atoms with Crippen LogP contribution >= 0.6 is 0 Å². The Morgan fingerprint density at radius 2 is 1.60 bits per heavy atom. The quantitative estimate of drug-likeness (QED) is 0.541. The summed E-state index contributed by atoms with van der Waals surface area (Å²) < 4.78 is 11.3. The predicted octanol–water partition coefficient (Wildman–Crippen LogP) is 4.75. The zero-order chi connectivity index (χ0) is 20.9. The molecule has 0 radical (unpaired) electrons. The summed E-state index contributed by atoms with van der Waals surface area (Å²) in [6.07, 6.45) is 1.46. The Morgan fingerprint density at radius 3 is 2.23 bits per heavy atom. The van der Waals surface area contributed by atoms with Crippen LogP contribution in [0.2, 0.25) is 0 Å². The standard InChI is InChI=1S/C26H29NO3/c1-3-8-18-13-14-24(25(15-18)29-2)30-17-19(28)16-27-26-22-11-6-4-9-20(22)21-10-5-7-12-23(21)26/h4-7,9-15,19,26-28H,3,8,16-17H2,1-2H3. The molecule has 1 aliphatic rings. The van der Waals surface area contributed by atoms with Crippen LogP contribution in [0.25, 0.3) is 11.1 Å². The van der Waals surface area contributed by atoms with Crippen LogP contribution in [-0.4, -0.2) is 31.5 Å². The molecule has 0 fully saturated rings. The van der Waals surface area contributed by atoms with Gasteiger partial charge in [-0.25, -0.2) is 0 Å². The molecule has 1 aliphatic carbocycles. The number of aryl methyl sites for hydroxylation is 1. The van der Waals surface area contributed by atoms with Crippen molar-refractivity contribution in [2.75, 3.05) is 20.3 Å². The van der Waals surface area contributed by atoms with Crippen LogP contribution < -0.4 is 14.8 Å². The number of benzene rings is 3. The van der Waals surface area contributed by atoms with E-state index in [-0.39, 0.29) is 12.6 Å². The number of aliphatic hydroxyl groups is 1. The summed E-state index contributed by atoms with van der Waals surface area (Å²) in [5.74, 6) is 1.37. The van der Waals surface area contributed by atoms with Crippen LogP contribution in [0.15, 0.2) is 66.7 Å². The number of nitrogens with one attached hydrogen (secondary N) is 1. The average Bonchev–Trinajstić information content (AvgIpc) is 3.10. The molecule has 30 heavy (non-hydrogen) atoms. The molecule has 0 saturated carbocycles. The summed E-state index contributed by atoms with van der Waals surface area (Å²) >= 11 is 0. The highest BCUT2D eigenvalue weighted by molar-refractivity contribution is 5.78. The molecule has 0 saturated heterocycles. The molecule has 2 N–H and O–H groups in total. The Kier molecular flexibility index (Phi) is 6.36. The second-order valence-electron chi connectivity index (χ2n) is 7.72. The lowest BCUT2D eigenvalue weighted by atomic mass is 10.1. The van der Waals surface area contributed by atoms with E-state index < -0.39 is 6.10 Å². The maximum Gasteiger partial charge on any atom is 0.161 e. The van der Waals surface area contributed by atoms with Gasteiger partial charge in [-0.1, -0.05) is 67.9 Å². The first-order valence-electron chi connectivity index (χ1n) is 10.6. The Bertz CT molecular complexity index is 956. The molecule has 4 nitrogen and oxygen atoms in total. The third kappa shape index (κ3) is 4.20. The normalized spacial score (nSPS) is 13.6. The topological polar surface area (TPSA) is 50.7 Å². The molecular weight excluding hydrogens is 374 g/mol. The van der Waals surface area contributed by atoms with Crippen molar-refractivity contribution < 1.29 is 14.6 Å². The molecule has 4 rings (SSSR count). The maximum absolute atomic E-state index is 10.5. The second kappa shape index (κ2) is 9.33. The Balaban J connectivity index is 1.38. The second-order valence-corrected chi connectivity index (χ2v) is 7.72. The lowest BCUT2D eigenvalue weighted by Crippen LogP contribution is -2.33. The monoisotopic (exact) mass is 403 g/mol. The van der Waals surface area contributed by atoms with Gasteiger partial charge >= 0.3 is 0 Å². The third-order valence-electron chi connectivity index (χ3n) is 5.59. The fraction of sp³-hybridized carbons (Fsp3) is 0.308. The van der Waals surface area contributed by atoms with Crippen molar-refractivity contribution in [3.05, 3.63) is 83.4 Å². The Labute approximate surface area is 178 Å². The van der Waals surface area contributed by atoms with E-state index in [9.17, 15) is 5.11 Å². The summed E-state index contributed by atoms with van der Waals surface area (Å²) in [5.41, 5.74) is 6.24. The fourth-order valence-corrected chi connectivity index (χ4v) is 4.15. The number of methoxy groups -OCH3 is 1. The predicted molar refractivity (Wildman–Crippen MR) is 120 cm³/mol. The van der Waals surface area contributed by atoms with E-state index in [0.29, 0.717) is 18.0 Å². The minimum Gasteiger partial charge on any atom is -0.493 e.